The first kappa shape index (κ1) is 14.1. The Labute approximate surface area is 127 Å². The van der Waals surface area contributed by atoms with Crippen molar-refractivity contribution >= 4 is 34.3 Å². The van der Waals surface area contributed by atoms with Gasteiger partial charge in [-0.15, -0.1) is 0 Å². The van der Waals surface area contributed by atoms with E-state index in [1.54, 1.807) is 19.1 Å². The molecule has 2 aromatic rings. The lowest BCUT2D eigenvalue weighted by atomic mass is 10.1. The first-order chi connectivity index (χ1) is 10.5. The number of anilines is 1. The zero-order chi connectivity index (χ0) is 15.9. The van der Waals surface area contributed by atoms with Crippen molar-refractivity contribution in [3.63, 3.8) is 0 Å². The van der Waals surface area contributed by atoms with Gasteiger partial charge < -0.3 is 5.32 Å². The molecule has 22 heavy (non-hydrogen) atoms. The molecule has 2 N–H and O–H groups in total. The van der Waals surface area contributed by atoms with E-state index in [1.807, 2.05) is 24.3 Å². The predicted molar refractivity (Wildman–Crippen MR) is 82.8 cm³/mol. The number of nitrogens with one attached hydrogen (secondary N) is 2. The Morgan fingerprint density at radius 2 is 1.82 bits per heavy atom. The zero-order valence-corrected chi connectivity index (χ0v) is 12.2. The fourth-order valence-electron chi connectivity index (χ4n) is 2.72. The van der Waals surface area contributed by atoms with Crippen LogP contribution in [0.1, 0.15) is 17.3 Å². The second-order valence-corrected chi connectivity index (χ2v) is 5.10. The molecule has 6 nitrogen and oxygen atoms in total. The summed E-state index contributed by atoms with van der Waals surface area (Å²) in [4.78, 5) is 37.5. The molecular weight excluding hydrogens is 282 g/mol. The van der Waals surface area contributed by atoms with Crippen LogP contribution in [0.2, 0.25) is 0 Å². The highest BCUT2D eigenvalue weighted by Gasteiger charge is 2.36. The van der Waals surface area contributed by atoms with E-state index in [2.05, 4.69) is 10.6 Å². The lowest BCUT2D eigenvalue weighted by molar-refractivity contribution is -0.120. The molecule has 0 aromatic heterocycles. The maximum Gasteiger partial charge on any atom is 0.321 e. The molecule has 0 radical (unpaired) electrons. The molecule has 0 fully saturated rings. The van der Waals surface area contributed by atoms with Crippen molar-refractivity contribution in [1.29, 1.82) is 0 Å². The van der Waals surface area contributed by atoms with E-state index in [0.717, 1.165) is 10.8 Å². The largest absolute Gasteiger partial charge is 0.341 e. The minimum Gasteiger partial charge on any atom is -0.341 e. The van der Waals surface area contributed by atoms with Crippen LogP contribution in [-0.2, 0) is 4.79 Å². The standard InChI is InChI=1S/C16H15N3O3/c1-9(14(20)18-16(22)17-2)19-12-8-4-6-10-5-3-7-11(13(10)12)15(19)21/h3-9H,1-2H3,(H2,17,18,20,22). The van der Waals surface area contributed by atoms with Crippen molar-refractivity contribution in [2.75, 3.05) is 11.9 Å². The topological polar surface area (TPSA) is 78.5 Å². The van der Waals surface area contributed by atoms with Gasteiger partial charge >= 0.3 is 6.03 Å². The summed E-state index contributed by atoms with van der Waals surface area (Å²) in [6.07, 6.45) is 0. The molecule has 6 heteroatoms. The highest BCUT2D eigenvalue weighted by Crippen LogP contribution is 2.38. The number of hydrogen-bond acceptors (Lipinski definition) is 3. The Kier molecular flexibility index (Phi) is 3.29. The van der Waals surface area contributed by atoms with Crippen molar-refractivity contribution < 1.29 is 14.4 Å². The van der Waals surface area contributed by atoms with Gasteiger partial charge in [-0.05, 0) is 24.4 Å². The quantitative estimate of drug-likeness (QED) is 0.884. The third-order valence-corrected chi connectivity index (χ3v) is 3.82. The van der Waals surface area contributed by atoms with Crippen LogP contribution in [0.4, 0.5) is 10.5 Å². The highest BCUT2D eigenvalue weighted by atomic mass is 16.2. The van der Waals surface area contributed by atoms with Crippen LogP contribution in [0, 0.1) is 0 Å². The molecule has 1 aliphatic heterocycles. The summed E-state index contributed by atoms with van der Waals surface area (Å²) in [7, 11) is 1.42. The molecule has 1 heterocycles. The Morgan fingerprint density at radius 1 is 1.14 bits per heavy atom. The number of rotatable bonds is 2. The fraction of sp³-hybridized carbons (Fsp3) is 0.188. The van der Waals surface area contributed by atoms with E-state index in [-0.39, 0.29) is 5.91 Å². The Hall–Kier alpha value is -2.89. The molecule has 4 amide bonds. The highest BCUT2D eigenvalue weighted by molar-refractivity contribution is 6.26. The van der Waals surface area contributed by atoms with Gasteiger partial charge in [0.2, 0.25) is 0 Å². The SMILES string of the molecule is CNC(=O)NC(=O)C(C)N1C(=O)c2cccc3cccc1c23. The van der Waals surface area contributed by atoms with E-state index in [0.29, 0.717) is 11.3 Å². The van der Waals surface area contributed by atoms with Gasteiger partial charge in [0.05, 0.1) is 5.69 Å². The van der Waals surface area contributed by atoms with Crippen molar-refractivity contribution in [3.05, 3.63) is 42.0 Å². The summed E-state index contributed by atoms with van der Waals surface area (Å²) in [6, 6.07) is 9.68. The molecule has 2 aromatic carbocycles. The van der Waals surface area contributed by atoms with Crippen molar-refractivity contribution in [3.8, 4) is 0 Å². The number of hydrogen-bond donors (Lipinski definition) is 2. The molecule has 1 aliphatic rings. The molecule has 0 bridgehead atoms. The van der Waals surface area contributed by atoms with Gasteiger partial charge in [0, 0.05) is 18.0 Å². The molecule has 0 spiro atoms. The average Bonchev–Trinajstić information content (AvgIpc) is 2.81. The third kappa shape index (κ3) is 2.00. The first-order valence-corrected chi connectivity index (χ1v) is 6.92. The fourth-order valence-corrected chi connectivity index (χ4v) is 2.72. The summed E-state index contributed by atoms with van der Waals surface area (Å²) in [5.41, 5.74) is 1.27. The number of urea groups is 1. The Morgan fingerprint density at radius 3 is 2.50 bits per heavy atom. The summed E-state index contributed by atoms with van der Waals surface area (Å²) < 4.78 is 0. The Bertz CT molecular complexity index is 795. The summed E-state index contributed by atoms with van der Waals surface area (Å²) >= 11 is 0. The van der Waals surface area contributed by atoms with Crippen LogP contribution in [0.3, 0.4) is 0 Å². The predicted octanol–water partition coefficient (Wildman–Crippen LogP) is 1.64. The van der Waals surface area contributed by atoms with Gasteiger partial charge in [-0.25, -0.2) is 4.79 Å². The first-order valence-electron chi connectivity index (χ1n) is 6.92. The molecular formula is C16H15N3O3. The second kappa shape index (κ2) is 5.14. The number of amides is 4. The number of benzene rings is 2. The summed E-state index contributed by atoms with van der Waals surface area (Å²) in [5, 5.41) is 6.31. The van der Waals surface area contributed by atoms with E-state index in [9.17, 15) is 14.4 Å². The minimum atomic E-state index is -0.789. The average molecular weight is 297 g/mol. The van der Waals surface area contributed by atoms with Crippen LogP contribution < -0.4 is 15.5 Å². The molecule has 1 unspecified atom stereocenters. The van der Waals surface area contributed by atoms with Crippen molar-refractivity contribution in [2.24, 2.45) is 0 Å². The number of nitrogens with zero attached hydrogens (tertiary/aromatic N) is 1. The summed E-state index contributed by atoms with van der Waals surface area (Å²) in [5.74, 6) is -0.760. The smallest absolute Gasteiger partial charge is 0.321 e. The Balaban J connectivity index is 2.00. The zero-order valence-electron chi connectivity index (χ0n) is 12.2. The van der Waals surface area contributed by atoms with Crippen LogP contribution >= 0.6 is 0 Å². The maximum atomic E-state index is 12.6. The number of imide groups is 1. The monoisotopic (exact) mass is 297 g/mol. The normalized spacial score (nSPS) is 14.1. The van der Waals surface area contributed by atoms with E-state index >= 15 is 0 Å². The van der Waals surface area contributed by atoms with E-state index < -0.39 is 18.0 Å². The van der Waals surface area contributed by atoms with Crippen LogP contribution in [0.15, 0.2) is 36.4 Å². The van der Waals surface area contributed by atoms with Crippen molar-refractivity contribution in [1.82, 2.24) is 10.6 Å². The molecule has 112 valence electrons. The van der Waals surface area contributed by atoms with Gasteiger partial charge in [0.25, 0.3) is 11.8 Å². The van der Waals surface area contributed by atoms with Gasteiger partial charge in [-0.3, -0.25) is 19.8 Å². The molecule has 0 saturated carbocycles. The molecule has 0 saturated heterocycles. The number of carbonyl (C=O) groups is 3. The van der Waals surface area contributed by atoms with Crippen molar-refractivity contribution in [2.45, 2.75) is 13.0 Å². The molecule has 0 aliphatic carbocycles. The molecule has 1 atom stereocenters. The van der Waals surface area contributed by atoms with Crippen LogP contribution in [0.5, 0.6) is 0 Å². The summed E-state index contributed by atoms with van der Waals surface area (Å²) in [6.45, 7) is 1.60. The lowest BCUT2D eigenvalue weighted by Crippen LogP contribution is -2.50. The number of carbonyl (C=O) groups excluding carboxylic acids is 3. The van der Waals surface area contributed by atoms with Crippen LogP contribution in [-0.4, -0.2) is 30.9 Å². The van der Waals surface area contributed by atoms with E-state index in [1.165, 1.54) is 11.9 Å². The molecule has 3 rings (SSSR count). The van der Waals surface area contributed by atoms with Gasteiger partial charge in [-0.1, -0.05) is 24.3 Å². The van der Waals surface area contributed by atoms with Gasteiger partial charge in [0.15, 0.2) is 0 Å². The second-order valence-electron chi connectivity index (χ2n) is 5.10. The van der Waals surface area contributed by atoms with Crippen LogP contribution in [0.25, 0.3) is 10.8 Å². The lowest BCUT2D eigenvalue weighted by Gasteiger charge is -2.24. The van der Waals surface area contributed by atoms with E-state index in [4.69, 9.17) is 0 Å². The van der Waals surface area contributed by atoms with Gasteiger partial charge in [-0.2, -0.15) is 0 Å². The third-order valence-electron chi connectivity index (χ3n) is 3.82. The minimum absolute atomic E-state index is 0.230. The van der Waals surface area contributed by atoms with Gasteiger partial charge in [0.1, 0.15) is 6.04 Å². The maximum absolute atomic E-state index is 12.6.